The molecule has 1 N–H and O–H groups in total. The molecule has 0 fully saturated rings. The third-order valence-corrected chi connectivity index (χ3v) is 2.75. The van der Waals surface area contributed by atoms with Crippen LogP contribution in [0.25, 0.3) is 0 Å². The van der Waals surface area contributed by atoms with Gasteiger partial charge in [0.05, 0.1) is 5.02 Å². The van der Waals surface area contributed by atoms with Gasteiger partial charge in [-0.1, -0.05) is 35.3 Å². The molecule has 0 saturated heterocycles. The van der Waals surface area contributed by atoms with Crippen LogP contribution in [0.5, 0.6) is 11.5 Å². The van der Waals surface area contributed by atoms with E-state index >= 15 is 0 Å². The van der Waals surface area contributed by atoms with E-state index in [9.17, 15) is 5.11 Å². The largest absolute Gasteiger partial charge is 0.508 e. The minimum atomic E-state index is 0.211. The van der Waals surface area contributed by atoms with Crippen molar-refractivity contribution < 1.29 is 9.84 Å². The van der Waals surface area contributed by atoms with E-state index in [2.05, 4.69) is 0 Å². The molecule has 4 heteroatoms. The number of rotatable bonds is 3. The lowest BCUT2D eigenvalue weighted by atomic mass is 10.2. The molecule has 88 valence electrons. The molecule has 2 nitrogen and oxygen atoms in total. The van der Waals surface area contributed by atoms with Crippen molar-refractivity contribution in [2.75, 3.05) is 0 Å². The molecule has 0 bridgehead atoms. The van der Waals surface area contributed by atoms with Crippen molar-refractivity contribution >= 4 is 23.2 Å². The van der Waals surface area contributed by atoms with Gasteiger partial charge in [-0.05, 0) is 29.8 Å². The van der Waals surface area contributed by atoms with E-state index in [0.717, 1.165) is 5.56 Å². The fourth-order valence-electron chi connectivity index (χ4n) is 1.40. The summed E-state index contributed by atoms with van der Waals surface area (Å²) < 4.78 is 5.53. The Morgan fingerprint density at radius 2 is 1.88 bits per heavy atom. The highest BCUT2D eigenvalue weighted by atomic mass is 35.5. The van der Waals surface area contributed by atoms with Gasteiger partial charge in [-0.2, -0.15) is 0 Å². The highest BCUT2D eigenvalue weighted by molar-refractivity contribution is 6.34. The predicted molar refractivity (Wildman–Crippen MR) is 68.9 cm³/mol. The van der Waals surface area contributed by atoms with E-state index in [0.29, 0.717) is 22.4 Å². The van der Waals surface area contributed by atoms with Gasteiger partial charge < -0.3 is 9.84 Å². The quantitative estimate of drug-likeness (QED) is 0.901. The zero-order valence-electron chi connectivity index (χ0n) is 8.86. The van der Waals surface area contributed by atoms with Gasteiger partial charge in [0, 0.05) is 11.1 Å². The molecule has 0 spiro atoms. The molecule has 2 aromatic carbocycles. The van der Waals surface area contributed by atoms with E-state index < -0.39 is 0 Å². The van der Waals surface area contributed by atoms with Crippen LogP contribution >= 0.6 is 23.2 Å². The van der Waals surface area contributed by atoms with E-state index in [-0.39, 0.29) is 5.75 Å². The number of hydrogen-bond donors (Lipinski definition) is 1. The first-order valence-electron chi connectivity index (χ1n) is 5.01. The van der Waals surface area contributed by atoms with Crippen LogP contribution in [-0.4, -0.2) is 5.11 Å². The Kier molecular flexibility index (Phi) is 3.77. The summed E-state index contributed by atoms with van der Waals surface area (Å²) in [6.45, 7) is 0.328. The smallest absolute Gasteiger partial charge is 0.139 e. The molecule has 2 rings (SSSR count). The highest BCUT2D eigenvalue weighted by Crippen LogP contribution is 2.28. The molecule has 0 aliphatic carbocycles. The number of hydrogen-bond acceptors (Lipinski definition) is 2. The zero-order valence-corrected chi connectivity index (χ0v) is 10.4. The van der Waals surface area contributed by atoms with Crippen LogP contribution < -0.4 is 4.74 Å². The third-order valence-electron chi connectivity index (χ3n) is 2.20. The summed E-state index contributed by atoms with van der Waals surface area (Å²) in [6, 6.07) is 11.9. The summed E-state index contributed by atoms with van der Waals surface area (Å²) in [5, 5.41) is 10.4. The van der Waals surface area contributed by atoms with E-state index in [4.69, 9.17) is 27.9 Å². The minimum absolute atomic E-state index is 0.211. The zero-order chi connectivity index (χ0) is 12.3. The Morgan fingerprint density at radius 3 is 2.65 bits per heavy atom. The second-order valence-electron chi connectivity index (χ2n) is 3.53. The molecular formula is C13H10Cl2O2. The van der Waals surface area contributed by atoms with Gasteiger partial charge in [0.15, 0.2) is 0 Å². The van der Waals surface area contributed by atoms with Crippen molar-refractivity contribution in [2.45, 2.75) is 6.61 Å². The van der Waals surface area contributed by atoms with Gasteiger partial charge in [-0.15, -0.1) is 0 Å². The maximum Gasteiger partial charge on any atom is 0.139 e. The number of phenolic OH excluding ortho intramolecular Hbond substituents is 1. The van der Waals surface area contributed by atoms with Gasteiger partial charge >= 0.3 is 0 Å². The van der Waals surface area contributed by atoms with Crippen molar-refractivity contribution in [3.05, 3.63) is 58.1 Å². The predicted octanol–water partition coefficient (Wildman–Crippen LogP) is 4.28. The molecule has 0 heterocycles. The molecule has 0 saturated carbocycles. The molecule has 0 aliphatic heterocycles. The Morgan fingerprint density at radius 1 is 1.06 bits per heavy atom. The highest BCUT2D eigenvalue weighted by Gasteiger charge is 2.03. The van der Waals surface area contributed by atoms with Gasteiger partial charge in [0.1, 0.15) is 18.1 Å². The summed E-state index contributed by atoms with van der Waals surface area (Å²) in [5.41, 5.74) is 0.862. The van der Waals surface area contributed by atoms with Crippen molar-refractivity contribution in [3.8, 4) is 11.5 Å². The van der Waals surface area contributed by atoms with E-state index in [1.807, 2.05) is 6.07 Å². The van der Waals surface area contributed by atoms with Gasteiger partial charge in [-0.3, -0.25) is 0 Å². The molecular weight excluding hydrogens is 259 g/mol. The second-order valence-corrected chi connectivity index (χ2v) is 4.38. The molecule has 0 aromatic heterocycles. The maximum absolute atomic E-state index is 9.31. The van der Waals surface area contributed by atoms with E-state index in [1.165, 1.54) is 0 Å². The lowest BCUT2D eigenvalue weighted by molar-refractivity contribution is 0.305. The molecule has 17 heavy (non-hydrogen) atoms. The Labute approximate surface area is 109 Å². The third kappa shape index (κ3) is 3.29. The monoisotopic (exact) mass is 268 g/mol. The molecule has 2 aromatic rings. The first kappa shape index (κ1) is 12.1. The van der Waals surface area contributed by atoms with Gasteiger partial charge in [-0.25, -0.2) is 0 Å². The molecule has 0 amide bonds. The summed E-state index contributed by atoms with van der Waals surface area (Å²) in [5.74, 6) is 0.741. The van der Waals surface area contributed by atoms with Crippen LogP contribution in [0.1, 0.15) is 5.56 Å². The minimum Gasteiger partial charge on any atom is -0.508 e. The summed E-state index contributed by atoms with van der Waals surface area (Å²) in [6.07, 6.45) is 0. The summed E-state index contributed by atoms with van der Waals surface area (Å²) in [4.78, 5) is 0. The SMILES string of the molecule is Oc1cccc(COc2cc(Cl)ccc2Cl)c1. The van der Waals surface area contributed by atoms with Gasteiger partial charge in [0.2, 0.25) is 0 Å². The van der Waals surface area contributed by atoms with Crippen LogP contribution in [0.2, 0.25) is 10.0 Å². The fraction of sp³-hybridized carbons (Fsp3) is 0.0769. The van der Waals surface area contributed by atoms with Crippen molar-refractivity contribution in [1.82, 2.24) is 0 Å². The first-order chi connectivity index (χ1) is 8.15. The lowest BCUT2D eigenvalue weighted by Crippen LogP contribution is -1.95. The number of phenols is 1. The molecule has 0 radical (unpaired) electrons. The number of ether oxygens (including phenoxy) is 1. The maximum atomic E-state index is 9.31. The Bertz CT molecular complexity index is 527. The molecule has 0 atom stereocenters. The normalized spacial score (nSPS) is 10.2. The number of benzene rings is 2. The van der Waals surface area contributed by atoms with Crippen LogP contribution in [-0.2, 0) is 6.61 Å². The topological polar surface area (TPSA) is 29.5 Å². The second kappa shape index (κ2) is 5.30. The van der Waals surface area contributed by atoms with Crippen molar-refractivity contribution in [3.63, 3.8) is 0 Å². The van der Waals surface area contributed by atoms with Crippen molar-refractivity contribution in [2.24, 2.45) is 0 Å². The number of aromatic hydroxyl groups is 1. The molecule has 0 aliphatic rings. The van der Waals surface area contributed by atoms with Crippen molar-refractivity contribution in [1.29, 1.82) is 0 Å². The lowest BCUT2D eigenvalue weighted by Gasteiger charge is -2.08. The Balaban J connectivity index is 2.09. The van der Waals surface area contributed by atoms with Gasteiger partial charge in [0.25, 0.3) is 0 Å². The van der Waals surface area contributed by atoms with Crippen LogP contribution in [0, 0.1) is 0 Å². The number of halogens is 2. The van der Waals surface area contributed by atoms with Crippen LogP contribution in [0.3, 0.4) is 0 Å². The molecule has 0 unspecified atom stereocenters. The average Bonchev–Trinajstić information content (AvgIpc) is 2.30. The fourth-order valence-corrected chi connectivity index (χ4v) is 1.73. The summed E-state index contributed by atoms with van der Waals surface area (Å²) >= 11 is 11.8. The Hall–Kier alpha value is -1.38. The van der Waals surface area contributed by atoms with E-state index in [1.54, 1.807) is 36.4 Å². The average molecular weight is 269 g/mol. The van der Waals surface area contributed by atoms with Crippen LogP contribution in [0.4, 0.5) is 0 Å². The first-order valence-corrected chi connectivity index (χ1v) is 5.76. The van der Waals surface area contributed by atoms with Crippen LogP contribution in [0.15, 0.2) is 42.5 Å². The standard InChI is InChI=1S/C13H10Cl2O2/c14-10-4-5-12(15)13(7-10)17-8-9-2-1-3-11(16)6-9/h1-7,16H,8H2. The summed E-state index contributed by atoms with van der Waals surface area (Å²) in [7, 11) is 0.